The fourth-order valence-electron chi connectivity index (χ4n) is 3.16. The van der Waals surface area contributed by atoms with Crippen LogP contribution < -0.4 is 5.32 Å². The number of carboxylic acids is 1. The largest absolute Gasteiger partial charge is 0.477 e. The molecule has 7 nitrogen and oxygen atoms in total. The van der Waals surface area contributed by atoms with Gasteiger partial charge in [-0.3, -0.25) is 4.79 Å². The zero-order valence-corrected chi connectivity index (χ0v) is 11.5. The van der Waals surface area contributed by atoms with Crippen molar-refractivity contribution in [1.29, 1.82) is 0 Å². The number of anilines is 1. The highest BCUT2D eigenvalue weighted by molar-refractivity contribution is 5.85. The molecular formula is C13H13F2N3O4. The van der Waals surface area contributed by atoms with Gasteiger partial charge in [-0.05, 0) is 18.9 Å². The SMILES string of the molecule is COC(=O)[C@@H]1C(F)(F)C12CC(Nc1nccc(C(=O)O)n1)C2. The van der Waals surface area contributed by atoms with Crippen LogP contribution in [0.4, 0.5) is 14.7 Å². The highest BCUT2D eigenvalue weighted by atomic mass is 19.3. The third kappa shape index (κ3) is 1.92. The first kappa shape index (κ1) is 14.6. The van der Waals surface area contributed by atoms with E-state index in [4.69, 9.17) is 5.11 Å². The van der Waals surface area contributed by atoms with Crippen molar-refractivity contribution in [2.24, 2.45) is 11.3 Å². The lowest BCUT2D eigenvalue weighted by Gasteiger charge is -2.36. The third-order valence-electron chi connectivity index (χ3n) is 4.36. The molecule has 0 unspecified atom stereocenters. The summed E-state index contributed by atoms with van der Waals surface area (Å²) in [5, 5.41) is 11.6. The summed E-state index contributed by atoms with van der Waals surface area (Å²) in [5.41, 5.74) is -1.53. The van der Waals surface area contributed by atoms with Crippen LogP contribution in [0, 0.1) is 11.3 Å². The zero-order valence-electron chi connectivity index (χ0n) is 11.5. The van der Waals surface area contributed by atoms with Crippen molar-refractivity contribution in [3.05, 3.63) is 18.0 Å². The van der Waals surface area contributed by atoms with E-state index in [1.807, 2.05) is 0 Å². The van der Waals surface area contributed by atoms with E-state index in [1.54, 1.807) is 0 Å². The smallest absolute Gasteiger partial charge is 0.354 e. The summed E-state index contributed by atoms with van der Waals surface area (Å²) in [6.45, 7) is 0. The Morgan fingerprint density at radius 3 is 2.73 bits per heavy atom. The Bertz CT molecular complexity index is 646. The molecule has 3 rings (SSSR count). The molecule has 0 bridgehead atoms. The molecule has 2 fully saturated rings. The van der Waals surface area contributed by atoms with Crippen LogP contribution in [0.5, 0.6) is 0 Å². The Kier molecular flexibility index (Phi) is 3.05. The standard InChI is InChI=1S/C13H13F2N3O4/c1-22-10(21)8-12(13(8,14)15)4-6(5-12)17-11-16-3-2-7(18-11)9(19)20/h2-3,6,8H,4-5H2,1H3,(H,19,20)(H,16,17,18)/t6?,8-,12?/m0/s1. The highest BCUT2D eigenvalue weighted by Crippen LogP contribution is 2.75. The Morgan fingerprint density at radius 1 is 1.45 bits per heavy atom. The molecule has 2 N–H and O–H groups in total. The Labute approximate surface area is 123 Å². The summed E-state index contributed by atoms with van der Waals surface area (Å²) in [5.74, 6) is -6.47. The molecule has 0 radical (unpaired) electrons. The fourth-order valence-corrected chi connectivity index (χ4v) is 3.16. The number of carbonyl (C=O) groups is 2. The van der Waals surface area contributed by atoms with E-state index in [1.165, 1.54) is 12.3 Å². The summed E-state index contributed by atoms with van der Waals surface area (Å²) in [6.07, 6.45) is 1.44. The van der Waals surface area contributed by atoms with Crippen LogP contribution in [0.1, 0.15) is 23.3 Å². The third-order valence-corrected chi connectivity index (χ3v) is 4.36. The van der Waals surface area contributed by atoms with Crippen molar-refractivity contribution < 1.29 is 28.2 Å². The number of esters is 1. The first-order valence-electron chi connectivity index (χ1n) is 6.60. The molecule has 2 aliphatic carbocycles. The fraction of sp³-hybridized carbons (Fsp3) is 0.538. The van der Waals surface area contributed by atoms with Gasteiger partial charge in [-0.1, -0.05) is 0 Å². The van der Waals surface area contributed by atoms with Crippen molar-refractivity contribution >= 4 is 17.9 Å². The summed E-state index contributed by atoms with van der Waals surface area (Å²) in [7, 11) is 1.09. The minimum atomic E-state index is -3.05. The lowest BCUT2D eigenvalue weighted by molar-refractivity contribution is -0.145. The number of hydrogen-bond acceptors (Lipinski definition) is 6. The van der Waals surface area contributed by atoms with Gasteiger partial charge >= 0.3 is 11.9 Å². The number of carbonyl (C=O) groups excluding carboxylic acids is 1. The molecule has 1 heterocycles. The van der Waals surface area contributed by atoms with Crippen LogP contribution in [-0.2, 0) is 9.53 Å². The molecule has 0 amide bonds. The maximum atomic E-state index is 13.8. The molecule has 118 valence electrons. The van der Waals surface area contributed by atoms with Gasteiger partial charge in [0.1, 0.15) is 5.92 Å². The normalized spacial score (nSPS) is 31.2. The lowest BCUT2D eigenvalue weighted by Crippen LogP contribution is -2.41. The zero-order chi connectivity index (χ0) is 16.1. The predicted molar refractivity (Wildman–Crippen MR) is 68.5 cm³/mol. The van der Waals surface area contributed by atoms with Crippen LogP contribution in [0.2, 0.25) is 0 Å². The molecule has 1 atom stereocenters. The van der Waals surface area contributed by atoms with Crippen LogP contribution in [0.25, 0.3) is 0 Å². The van der Waals surface area contributed by atoms with Gasteiger partial charge in [0.25, 0.3) is 5.92 Å². The van der Waals surface area contributed by atoms with Gasteiger partial charge in [0.2, 0.25) is 5.95 Å². The molecule has 0 aliphatic heterocycles. The molecule has 22 heavy (non-hydrogen) atoms. The number of rotatable bonds is 4. The van der Waals surface area contributed by atoms with Gasteiger partial charge in [0.15, 0.2) is 5.69 Å². The topological polar surface area (TPSA) is 101 Å². The predicted octanol–water partition coefficient (Wildman–Crippen LogP) is 1.17. The van der Waals surface area contributed by atoms with Gasteiger partial charge in [-0.25, -0.2) is 23.5 Å². The second-order valence-corrected chi connectivity index (χ2v) is 5.56. The van der Waals surface area contributed by atoms with Crippen LogP contribution in [0.3, 0.4) is 0 Å². The number of nitrogens with zero attached hydrogens (tertiary/aromatic N) is 2. The van der Waals surface area contributed by atoms with Crippen molar-refractivity contribution in [1.82, 2.24) is 9.97 Å². The van der Waals surface area contributed by atoms with Crippen molar-refractivity contribution in [2.75, 3.05) is 12.4 Å². The van der Waals surface area contributed by atoms with Crippen molar-refractivity contribution in [2.45, 2.75) is 24.8 Å². The Morgan fingerprint density at radius 2 is 2.14 bits per heavy atom. The number of methoxy groups -OCH3 is 1. The minimum absolute atomic E-state index is 0.0679. The minimum Gasteiger partial charge on any atom is -0.477 e. The number of aromatic nitrogens is 2. The van der Waals surface area contributed by atoms with E-state index in [-0.39, 0.29) is 30.5 Å². The molecular weight excluding hydrogens is 300 g/mol. The van der Waals surface area contributed by atoms with E-state index in [9.17, 15) is 18.4 Å². The average Bonchev–Trinajstić information content (AvgIpc) is 2.95. The number of nitrogens with one attached hydrogen (secondary N) is 1. The quantitative estimate of drug-likeness (QED) is 0.805. The van der Waals surface area contributed by atoms with E-state index in [2.05, 4.69) is 20.0 Å². The molecule has 1 aromatic heterocycles. The summed E-state index contributed by atoms with van der Waals surface area (Å²) < 4.78 is 32.0. The summed E-state index contributed by atoms with van der Waals surface area (Å²) in [6, 6.07) is 0.905. The Balaban J connectivity index is 1.64. The molecule has 1 spiro atoms. The summed E-state index contributed by atoms with van der Waals surface area (Å²) >= 11 is 0. The second-order valence-electron chi connectivity index (χ2n) is 5.56. The van der Waals surface area contributed by atoms with Crippen LogP contribution in [0.15, 0.2) is 12.3 Å². The van der Waals surface area contributed by atoms with Crippen LogP contribution in [-0.4, -0.2) is 46.1 Å². The number of carboxylic acid groups (broad SMARTS) is 1. The first-order chi connectivity index (χ1) is 10.3. The number of halogens is 2. The molecule has 2 aliphatic rings. The van der Waals surface area contributed by atoms with Gasteiger partial charge in [-0.15, -0.1) is 0 Å². The lowest BCUT2D eigenvalue weighted by atomic mass is 9.74. The monoisotopic (exact) mass is 313 g/mol. The molecule has 2 saturated carbocycles. The van der Waals surface area contributed by atoms with Gasteiger partial charge in [-0.2, -0.15) is 0 Å². The van der Waals surface area contributed by atoms with Gasteiger partial charge in [0.05, 0.1) is 12.5 Å². The van der Waals surface area contributed by atoms with E-state index in [0.717, 1.165) is 7.11 Å². The number of ether oxygens (including phenoxy) is 1. The number of alkyl halides is 2. The van der Waals surface area contributed by atoms with Gasteiger partial charge in [0, 0.05) is 12.2 Å². The second kappa shape index (κ2) is 4.59. The highest BCUT2D eigenvalue weighted by Gasteiger charge is 2.87. The molecule has 0 saturated heterocycles. The molecule has 0 aromatic carbocycles. The molecule has 1 aromatic rings. The van der Waals surface area contributed by atoms with Gasteiger partial charge < -0.3 is 15.2 Å². The first-order valence-corrected chi connectivity index (χ1v) is 6.60. The maximum Gasteiger partial charge on any atom is 0.354 e. The average molecular weight is 313 g/mol. The van der Waals surface area contributed by atoms with E-state index < -0.39 is 29.2 Å². The molecule has 9 heteroatoms. The van der Waals surface area contributed by atoms with Crippen molar-refractivity contribution in [3.63, 3.8) is 0 Å². The van der Waals surface area contributed by atoms with Crippen molar-refractivity contribution in [3.8, 4) is 0 Å². The number of aromatic carboxylic acids is 1. The van der Waals surface area contributed by atoms with E-state index in [0.29, 0.717) is 0 Å². The van der Waals surface area contributed by atoms with Crippen LogP contribution >= 0.6 is 0 Å². The number of hydrogen-bond donors (Lipinski definition) is 2. The summed E-state index contributed by atoms with van der Waals surface area (Å²) in [4.78, 5) is 29.8. The maximum absolute atomic E-state index is 13.8. The van der Waals surface area contributed by atoms with E-state index >= 15 is 0 Å². The Hall–Kier alpha value is -2.32.